The van der Waals surface area contributed by atoms with Crippen LogP contribution in [0.3, 0.4) is 0 Å². The van der Waals surface area contributed by atoms with Crippen LogP contribution in [0.25, 0.3) is 0 Å². The molecule has 0 aliphatic carbocycles. The molecule has 1 atom stereocenters. The Hall–Kier alpha value is -1.71. The number of carbonyl (C=O) groups is 1. The van der Waals surface area contributed by atoms with Gasteiger partial charge in [-0.15, -0.1) is 0 Å². The fraction of sp³-hybridized carbons (Fsp3) is 0.650. The third kappa shape index (κ3) is 4.22. The molecule has 2 saturated heterocycles. The molecule has 0 radical (unpaired) electrons. The highest BCUT2D eigenvalue weighted by molar-refractivity contribution is 5.68. The molecule has 1 unspecified atom stereocenters. The summed E-state index contributed by atoms with van der Waals surface area (Å²) in [7, 11) is 0. The minimum Gasteiger partial charge on any atom is -0.444 e. The standard InChI is InChI=1S/C20H30N2O2/c1-20(2,3)24-19(23)22-14-6-7-17(15-22)16-8-10-18(11-9-16)21-12-4-5-13-21/h8-11,17H,4-7,12-15H2,1-3H3. The Balaban J connectivity index is 1.63. The first-order chi connectivity index (χ1) is 11.4. The van der Waals surface area contributed by atoms with Gasteiger partial charge in [0.1, 0.15) is 5.60 Å². The summed E-state index contributed by atoms with van der Waals surface area (Å²) in [5, 5.41) is 0. The van der Waals surface area contributed by atoms with Crippen molar-refractivity contribution in [3.05, 3.63) is 29.8 Å². The van der Waals surface area contributed by atoms with Gasteiger partial charge in [-0.1, -0.05) is 12.1 Å². The zero-order valence-corrected chi connectivity index (χ0v) is 15.3. The number of amides is 1. The van der Waals surface area contributed by atoms with Gasteiger partial charge in [-0.3, -0.25) is 0 Å². The Bertz CT molecular complexity index is 556. The maximum Gasteiger partial charge on any atom is 0.410 e. The minimum absolute atomic E-state index is 0.180. The molecule has 4 heteroatoms. The fourth-order valence-corrected chi connectivity index (χ4v) is 3.67. The summed E-state index contributed by atoms with van der Waals surface area (Å²) in [6, 6.07) is 8.98. The van der Waals surface area contributed by atoms with E-state index in [2.05, 4.69) is 29.2 Å². The van der Waals surface area contributed by atoms with E-state index in [1.807, 2.05) is 25.7 Å². The van der Waals surface area contributed by atoms with Crippen molar-refractivity contribution in [2.45, 2.75) is 58.0 Å². The summed E-state index contributed by atoms with van der Waals surface area (Å²) in [5.74, 6) is 0.416. The Morgan fingerprint density at radius 2 is 1.71 bits per heavy atom. The smallest absolute Gasteiger partial charge is 0.410 e. The van der Waals surface area contributed by atoms with E-state index in [0.29, 0.717) is 5.92 Å². The van der Waals surface area contributed by atoms with Gasteiger partial charge in [0, 0.05) is 37.8 Å². The van der Waals surface area contributed by atoms with Gasteiger partial charge < -0.3 is 14.5 Å². The molecule has 0 aromatic heterocycles. The lowest BCUT2D eigenvalue weighted by Gasteiger charge is -2.34. The van der Waals surface area contributed by atoms with Gasteiger partial charge in [0.15, 0.2) is 0 Å². The molecule has 0 N–H and O–H groups in total. The molecule has 132 valence electrons. The van der Waals surface area contributed by atoms with E-state index in [1.54, 1.807) is 0 Å². The third-order valence-electron chi connectivity index (χ3n) is 4.91. The van der Waals surface area contributed by atoms with Crippen molar-refractivity contribution >= 4 is 11.8 Å². The maximum absolute atomic E-state index is 12.3. The predicted molar refractivity (Wildman–Crippen MR) is 97.7 cm³/mol. The molecule has 4 nitrogen and oxygen atoms in total. The van der Waals surface area contributed by atoms with Crippen LogP contribution in [-0.4, -0.2) is 42.8 Å². The molecular formula is C20H30N2O2. The zero-order valence-electron chi connectivity index (χ0n) is 15.3. The first-order valence-corrected chi connectivity index (χ1v) is 9.25. The lowest BCUT2D eigenvalue weighted by molar-refractivity contribution is 0.0198. The van der Waals surface area contributed by atoms with Crippen molar-refractivity contribution in [1.29, 1.82) is 0 Å². The molecule has 0 saturated carbocycles. The van der Waals surface area contributed by atoms with Crippen LogP contribution in [0.2, 0.25) is 0 Å². The number of carbonyl (C=O) groups excluding carboxylic acids is 1. The van der Waals surface area contributed by atoms with Crippen molar-refractivity contribution < 1.29 is 9.53 Å². The molecule has 0 spiro atoms. The number of hydrogen-bond acceptors (Lipinski definition) is 3. The number of likely N-dealkylation sites (tertiary alicyclic amines) is 1. The molecule has 2 aliphatic rings. The van der Waals surface area contributed by atoms with Crippen LogP contribution in [0.1, 0.15) is 57.9 Å². The molecule has 1 aromatic carbocycles. The van der Waals surface area contributed by atoms with Crippen molar-refractivity contribution in [2.75, 3.05) is 31.1 Å². The highest BCUT2D eigenvalue weighted by Gasteiger charge is 2.28. The van der Waals surface area contributed by atoms with Crippen molar-refractivity contribution in [1.82, 2.24) is 4.90 Å². The Labute approximate surface area is 145 Å². The first-order valence-electron chi connectivity index (χ1n) is 9.25. The summed E-state index contributed by atoms with van der Waals surface area (Å²) in [5.41, 5.74) is 2.24. The van der Waals surface area contributed by atoms with E-state index in [4.69, 9.17) is 4.74 Å². The number of benzene rings is 1. The average molecular weight is 330 g/mol. The molecular weight excluding hydrogens is 300 g/mol. The minimum atomic E-state index is -0.429. The topological polar surface area (TPSA) is 32.8 Å². The van der Waals surface area contributed by atoms with Crippen LogP contribution < -0.4 is 4.90 Å². The fourth-order valence-electron chi connectivity index (χ4n) is 3.67. The first kappa shape index (κ1) is 17.1. The van der Waals surface area contributed by atoms with Gasteiger partial charge >= 0.3 is 6.09 Å². The van der Waals surface area contributed by atoms with E-state index >= 15 is 0 Å². The van der Waals surface area contributed by atoms with Gasteiger partial charge in [-0.25, -0.2) is 4.79 Å². The Morgan fingerprint density at radius 1 is 1.04 bits per heavy atom. The van der Waals surface area contributed by atoms with Crippen LogP contribution in [-0.2, 0) is 4.74 Å². The average Bonchev–Trinajstić information content (AvgIpc) is 3.08. The molecule has 2 fully saturated rings. The molecule has 2 heterocycles. The SMILES string of the molecule is CC(C)(C)OC(=O)N1CCCC(c2ccc(N3CCCC3)cc2)C1. The van der Waals surface area contributed by atoms with Crippen LogP contribution in [0.5, 0.6) is 0 Å². The largest absolute Gasteiger partial charge is 0.444 e. The van der Waals surface area contributed by atoms with Gasteiger partial charge in [-0.2, -0.15) is 0 Å². The molecule has 2 aliphatic heterocycles. The second-order valence-electron chi connectivity index (χ2n) is 8.05. The van der Waals surface area contributed by atoms with Gasteiger partial charge in [0.05, 0.1) is 0 Å². The summed E-state index contributed by atoms with van der Waals surface area (Å²) in [6.07, 6.45) is 4.60. The van der Waals surface area contributed by atoms with Crippen molar-refractivity contribution in [2.24, 2.45) is 0 Å². The quantitative estimate of drug-likeness (QED) is 0.805. The van der Waals surface area contributed by atoms with E-state index < -0.39 is 5.60 Å². The highest BCUT2D eigenvalue weighted by atomic mass is 16.6. The van der Waals surface area contributed by atoms with Gasteiger partial charge in [0.25, 0.3) is 0 Å². The maximum atomic E-state index is 12.3. The lowest BCUT2D eigenvalue weighted by Crippen LogP contribution is -2.42. The number of piperidine rings is 1. The number of ether oxygens (including phenoxy) is 1. The molecule has 24 heavy (non-hydrogen) atoms. The van der Waals surface area contributed by atoms with Crippen molar-refractivity contribution in [3.8, 4) is 0 Å². The number of anilines is 1. The molecule has 1 aromatic rings. The van der Waals surface area contributed by atoms with Crippen LogP contribution >= 0.6 is 0 Å². The number of rotatable bonds is 2. The molecule has 3 rings (SSSR count). The number of hydrogen-bond donors (Lipinski definition) is 0. The second-order valence-corrected chi connectivity index (χ2v) is 8.05. The molecule has 1 amide bonds. The van der Waals surface area contributed by atoms with Crippen LogP contribution in [0.4, 0.5) is 10.5 Å². The van der Waals surface area contributed by atoms with Gasteiger partial charge in [0.2, 0.25) is 0 Å². The summed E-state index contributed by atoms with van der Waals surface area (Å²) in [4.78, 5) is 16.6. The van der Waals surface area contributed by atoms with E-state index in [0.717, 1.165) is 25.9 Å². The normalized spacial score (nSPS) is 21.9. The third-order valence-corrected chi connectivity index (χ3v) is 4.91. The van der Waals surface area contributed by atoms with E-state index in [-0.39, 0.29) is 6.09 Å². The molecule has 0 bridgehead atoms. The monoisotopic (exact) mass is 330 g/mol. The van der Waals surface area contributed by atoms with Gasteiger partial charge in [-0.05, 0) is 64.2 Å². The van der Waals surface area contributed by atoms with E-state index in [1.165, 1.54) is 37.2 Å². The van der Waals surface area contributed by atoms with E-state index in [9.17, 15) is 4.79 Å². The van der Waals surface area contributed by atoms with Crippen LogP contribution in [0, 0.1) is 0 Å². The lowest BCUT2D eigenvalue weighted by atomic mass is 9.90. The highest BCUT2D eigenvalue weighted by Crippen LogP contribution is 2.30. The van der Waals surface area contributed by atoms with Crippen LogP contribution in [0.15, 0.2) is 24.3 Å². The zero-order chi connectivity index (χ0) is 17.2. The summed E-state index contributed by atoms with van der Waals surface area (Å²) < 4.78 is 5.53. The summed E-state index contributed by atoms with van der Waals surface area (Å²) >= 11 is 0. The number of nitrogens with zero attached hydrogens (tertiary/aromatic N) is 2. The Morgan fingerprint density at radius 3 is 2.33 bits per heavy atom. The summed E-state index contributed by atoms with van der Waals surface area (Å²) in [6.45, 7) is 9.68. The second kappa shape index (κ2) is 7.04. The predicted octanol–water partition coefficient (Wildman–Crippen LogP) is 4.40. The van der Waals surface area contributed by atoms with Crippen molar-refractivity contribution in [3.63, 3.8) is 0 Å². The Kier molecular flexibility index (Phi) is 5.02.